The number of nitrogens with zero attached hydrogens (tertiary/aromatic N) is 1. The summed E-state index contributed by atoms with van der Waals surface area (Å²) in [4.78, 5) is 0. The molecule has 0 fully saturated rings. The second-order valence-electron chi connectivity index (χ2n) is 3.75. The van der Waals surface area contributed by atoms with Gasteiger partial charge in [-0.25, -0.2) is 0 Å². The zero-order valence-electron chi connectivity index (χ0n) is 9.68. The van der Waals surface area contributed by atoms with E-state index in [9.17, 15) is 21.6 Å². The molecule has 0 atom stereocenters. The molecule has 2 rings (SSSR count). The number of nitriles is 1. The van der Waals surface area contributed by atoms with Crippen LogP contribution in [0.2, 0.25) is 0 Å². The van der Waals surface area contributed by atoms with Crippen LogP contribution in [0.3, 0.4) is 0 Å². The van der Waals surface area contributed by atoms with E-state index in [0.29, 0.717) is 5.39 Å². The third kappa shape index (κ3) is 2.40. The van der Waals surface area contributed by atoms with Gasteiger partial charge in [-0.15, -0.1) is 0 Å². The number of halogens is 3. The molecule has 0 heterocycles. The van der Waals surface area contributed by atoms with Gasteiger partial charge >= 0.3 is 15.6 Å². The highest BCUT2D eigenvalue weighted by molar-refractivity contribution is 7.88. The molecule has 0 aliphatic heterocycles. The summed E-state index contributed by atoms with van der Waals surface area (Å²) in [5, 5.41) is 9.32. The van der Waals surface area contributed by atoms with Crippen molar-refractivity contribution < 1.29 is 25.8 Å². The maximum Gasteiger partial charge on any atom is 0.534 e. The second kappa shape index (κ2) is 4.68. The zero-order valence-corrected chi connectivity index (χ0v) is 10.5. The summed E-state index contributed by atoms with van der Waals surface area (Å²) < 4.78 is 63.0. The SMILES string of the molecule is N#Cc1ccc(OS(=O)(=O)C(F)(F)F)c2ccccc12. The normalized spacial score (nSPS) is 12.1. The Kier molecular flexibility index (Phi) is 3.31. The van der Waals surface area contributed by atoms with Crippen LogP contribution in [0.5, 0.6) is 5.75 Å². The lowest BCUT2D eigenvalue weighted by molar-refractivity contribution is -0.0499. The molecule has 8 heteroatoms. The molecule has 0 spiro atoms. The quantitative estimate of drug-likeness (QED) is 0.632. The molecule has 0 N–H and O–H groups in total. The molecule has 0 aliphatic carbocycles. The van der Waals surface area contributed by atoms with Crippen LogP contribution in [0.25, 0.3) is 10.8 Å². The first-order chi connectivity index (χ1) is 9.26. The maximum atomic E-state index is 12.3. The largest absolute Gasteiger partial charge is 0.534 e. The summed E-state index contributed by atoms with van der Waals surface area (Å²) >= 11 is 0. The van der Waals surface area contributed by atoms with Gasteiger partial charge in [-0.1, -0.05) is 24.3 Å². The van der Waals surface area contributed by atoms with Crippen molar-refractivity contribution in [1.82, 2.24) is 0 Å². The molecule has 2 aromatic rings. The average Bonchev–Trinajstić information content (AvgIpc) is 2.37. The minimum Gasteiger partial charge on any atom is -0.375 e. The molecular formula is C12H6F3NO3S. The van der Waals surface area contributed by atoms with Gasteiger partial charge in [-0.05, 0) is 12.1 Å². The summed E-state index contributed by atoms with van der Waals surface area (Å²) in [5.74, 6) is -0.475. The van der Waals surface area contributed by atoms with Gasteiger partial charge in [-0.2, -0.15) is 26.9 Å². The van der Waals surface area contributed by atoms with Crippen LogP contribution in [0, 0.1) is 11.3 Å². The van der Waals surface area contributed by atoms with Crippen molar-refractivity contribution in [2.45, 2.75) is 5.51 Å². The molecule has 0 saturated carbocycles. The van der Waals surface area contributed by atoms with Crippen molar-refractivity contribution in [3.63, 3.8) is 0 Å². The van der Waals surface area contributed by atoms with Crippen molar-refractivity contribution >= 4 is 20.9 Å². The fourth-order valence-corrected chi connectivity index (χ4v) is 2.08. The fraction of sp³-hybridized carbons (Fsp3) is 0.0833. The van der Waals surface area contributed by atoms with E-state index in [1.807, 2.05) is 6.07 Å². The van der Waals surface area contributed by atoms with E-state index in [-0.39, 0.29) is 10.9 Å². The summed E-state index contributed by atoms with van der Waals surface area (Å²) in [6.07, 6.45) is 0. The number of hydrogen-bond donors (Lipinski definition) is 0. The van der Waals surface area contributed by atoms with Crippen LogP contribution in [0.4, 0.5) is 13.2 Å². The summed E-state index contributed by atoms with van der Waals surface area (Å²) in [6.45, 7) is 0. The molecule has 0 radical (unpaired) electrons. The molecule has 4 nitrogen and oxygen atoms in total. The zero-order chi connectivity index (χ0) is 15.0. The van der Waals surface area contributed by atoms with E-state index in [0.717, 1.165) is 6.07 Å². The van der Waals surface area contributed by atoms with Gasteiger partial charge in [0.15, 0.2) is 5.75 Å². The maximum absolute atomic E-state index is 12.3. The van der Waals surface area contributed by atoms with Crippen molar-refractivity contribution in [3.05, 3.63) is 42.0 Å². The highest BCUT2D eigenvalue weighted by Crippen LogP contribution is 2.32. The first-order valence-corrected chi connectivity index (χ1v) is 6.60. The van der Waals surface area contributed by atoms with Gasteiger partial charge in [0.05, 0.1) is 11.6 Å². The predicted octanol–water partition coefficient (Wildman–Crippen LogP) is 2.94. The van der Waals surface area contributed by atoms with Gasteiger partial charge in [0.25, 0.3) is 0 Å². The monoisotopic (exact) mass is 301 g/mol. The van der Waals surface area contributed by atoms with E-state index in [1.54, 1.807) is 6.07 Å². The van der Waals surface area contributed by atoms with E-state index < -0.39 is 21.4 Å². The number of benzene rings is 2. The van der Waals surface area contributed by atoms with Gasteiger partial charge in [-0.3, -0.25) is 0 Å². The summed E-state index contributed by atoms with van der Waals surface area (Å²) in [7, 11) is -5.74. The molecule has 104 valence electrons. The Morgan fingerprint density at radius 1 is 1.05 bits per heavy atom. The smallest absolute Gasteiger partial charge is 0.375 e. The molecule has 0 aromatic heterocycles. The molecule has 20 heavy (non-hydrogen) atoms. The first kappa shape index (κ1) is 14.1. The van der Waals surface area contributed by atoms with Gasteiger partial charge in [0.1, 0.15) is 0 Å². The lowest BCUT2D eigenvalue weighted by atomic mass is 10.0. The minimum atomic E-state index is -5.74. The standard InChI is InChI=1S/C12H6F3NO3S/c13-12(14,15)20(17,18)19-11-6-5-8(7-16)9-3-1-2-4-10(9)11/h1-6H. The van der Waals surface area contributed by atoms with E-state index in [2.05, 4.69) is 4.18 Å². The van der Waals surface area contributed by atoms with Crippen molar-refractivity contribution in [2.75, 3.05) is 0 Å². The Morgan fingerprint density at radius 3 is 2.20 bits per heavy atom. The Labute approximate surface area is 112 Å². The molecule has 0 aliphatic rings. The van der Waals surface area contributed by atoms with E-state index in [1.165, 1.54) is 24.3 Å². The Bertz CT molecular complexity index is 807. The summed E-state index contributed by atoms with van der Waals surface area (Å²) in [5.41, 5.74) is -5.31. The molecule has 0 saturated heterocycles. The number of hydrogen-bond acceptors (Lipinski definition) is 4. The van der Waals surface area contributed by atoms with Gasteiger partial charge < -0.3 is 4.18 Å². The molecule has 2 aromatic carbocycles. The Morgan fingerprint density at radius 2 is 1.65 bits per heavy atom. The fourth-order valence-electron chi connectivity index (χ4n) is 1.61. The number of fused-ring (bicyclic) bond motifs is 1. The van der Waals surface area contributed by atoms with Gasteiger partial charge in [0, 0.05) is 10.8 Å². The topological polar surface area (TPSA) is 67.2 Å². The second-order valence-corrected chi connectivity index (χ2v) is 5.29. The number of alkyl halides is 3. The summed E-state index contributed by atoms with van der Waals surface area (Å²) in [6, 6.07) is 10.0. The number of rotatable bonds is 2. The molecule has 0 amide bonds. The third-order valence-electron chi connectivity index (χ3n) is 2.49. The highest BCUT2D eigenvalue weighted by Gasteiger charge is 2.48. The van der Waals surface area contributed by atoms with Crippen LogP contribution in [-0.4, -0.2) is 13.9 Å². The third-order valence-corrected chi connectivity index (χ3v) is 3.45. The van der Waals surface area contributed by atoms with Crippen LogP contribution in [-0.2, 0) is 10.1 Å². The van der Waals surface area contributed by atoms with E-state index >= 15 is 0 Å². The lowest BCUT2D eigenvalue weighted by Gasteiger charge is -2.11. The Hall–Kier alpha value is -2.27. The first-order valence-electron chi connectivity index (χ1n) is 5.19. The molecule has 0 unspecified atom stereocenters. The van der Waals surface area contributed by atoms with Crippen molar-refractivity contribution in [3.8, 4) is 11.8 Å². The van der Waals surface area contributed by atoms with E-state index in [4.69, 9.17) is 5.26 Å². The average molecular weight is 301 g/mol. The van der Waals surface area contributed by atoms with Crippen LogP contribution < -0.4 is 4.18 Å². The van der Waals surface area contributed by atoms with Crippen LogP contribution >= 0.6 is 0 Å². The lowest BCUT2D eigenvalue weighted by Crippen LogP contribution is -2.28. The van der Waals surface area contributed by atoms with Crippen LogP contribution in [0.15, 0.2) is 36.4 Å². The molecular weight excluding hydrogens is 295 g/mol. The molecule has 0 bridgehead atoms. The highest BCUT2D eigenvalue weighted by atomic mass is 32.2. The van der Waals surface area contributed by atoms with Crippen LogP contribution in [0.1, 0.15) is 5.56 Å². The van der Waals surface area contributed by atoms with Gasteiger partial charge in [0.2, 0.25) is 0 Å². The predicted molar refractivity (Wildman–Crippen MR) is 64.3 cm³/mol. The van der Waals surface area contributed by atoms with Crippen molar-refractivity contribution in [1.29, 1.82) is 5.26 Å². The Balaban J connectivity index is 2.62. The minimum absolute atomic E-state index is 0.111. The van der Waals surface area contributed by atoms with Crippen molar-refractivity contribution in [2.24, 2.45) is 0 Å².